The van der Waals surface area contributed by atoms with Crippen LogP contribution in [0.4, 0.5) is 0 Å². The summed E-state index contributed by atoms with van der Waals surface area (Å²) in [7, 11) is 2.59. The Morgan fingerprint density at radius 2 is 1.84 bits per heavy atom. The van der Waals surface area contributed by atoms with Gasteiger partial charge in [0.25, 0.3) is 0 Å². The lowest BCUT2D eigenvalue weighted by Crippen LogP contribution is -2.00. The van der Waals surface area contributed by atoms with Crippen LogP contribution in [0.1, 0.15) is 11.6 Å². The van der Waals surface area contributed by atoms with Crippen molar-refractivity contribution in [2.45, 2.75) is 13.8 Å². The summed E-state index contributed by atoms with van der Waals surface area (Å²) in [4.78, 5) is 12.6. The van der Waals surface area contributed by atoms with E-state index in [1.807, 2.05) is 0 Å². The summed E-state index contributed by atoms with van der Waals surface area (Å²) in [6.45, 7) is 4.19. The maximum absolute atomic E-state index is 10.0. The van der Waals surface area contributed by atoms with Crippen LogP contribution in [0.25, 0.3) is 11.4 Å². The van der Waals surface area contributed by atoms with Crippen LogP contribution in [0.5, 0.6) is 11.5 Å². The molecule has 1 heterocycles. The van der Waals surface area contributed by atoms with E-state index in [0.29, 0.717) is 35.4 Å². The number of aromatic nitrogens is 3. The van der Waals surface area contributed by atoms with Gasteiger partial charge in [-0.15, -0.1) is 9.24 Å². The summed E-state index contributed by atoms with van der Waals surface area (Å²) < 4.78 is 5.44. The number of nitrogens with zero attached hydrogens (tertiary/aromatic N) is 3. The van der Waals surface area contributed by atoms with Gasteiger partial charge in [0.1, 0.15) is 23.1 Å². The minimum absolute atomic E-state index is 0.103. The zero-order valence-electron chi connectivity index (χ0n) is 10.9. The molecule has 19 heavy (non-hydrogen) atoms. The molecule has 0 saturated carbocycles. The molecule has 100 valence electrons. The lowest BCUT2D eigenvalue weighted by atomic mass is 10.2. The van der Waals surface area contributed by atoms with E-state index >= 15 is 0 Å². The van der Waals surface area contributed by atoms with E-state index in [9.17, 15) is 5.11 Å². The molecular formula is C13H16N3O2P. The van der Waals surface area contributed by atoms with Crippen LogP contribution in [0.15, 0.2) is 18.2 Å². The quantitative estimate of drug-likeness (QED) is 0.867. The molecule has 1 aromatic heterocycles. The van der Waals surface area contributed by atoms with Crippen molar-refractivity contribution in [3.8, 4) is 22.9 Å². The minimum atomic E-state index is 0.103. The predicted molar refractivity (Wildman–Crippen MR) is 76.5 cm³/mol. The van der Waals surface area contributed by atoms with Crippen molar-refractivity contribution >= 4 is 9.24 Å². The number of aromatic hydroxyl groups is 1. The first-order valence-electron chi connectivity index (χ1n) is 5.95. The maximum Gasteiger partial charge on any atom is 0.167 e. The number of phenols is 1. The number of ether oxygens (including phenoxy) is 1. The van der Waals surface area contributed by atoms with Crippen LogP contribution in [0, 0.1) is 13.8 Å². The molecule has 0 amide bonds. The van der Waals surface area contributed by atoms with E-state index in [-0.39, 0.29) is 5.75 Å². The smallest absolute Gasteiger partial charge is 0.167 e. The first-order valence-corrected chi connectivity index (χ1v) is 6.77. The third-order valence-corrected chi connectivity index (χ3v) is 2.69. The highest BCUT2D eigenvalue weighted by molar-refractivity contribution is 7.16. The fourth-order valence-corrected chi connectivity index (χ4v) is 1.82. The van der Waals surface area contributed by atoms with Crippen molar-refractivity contribution in [1.82, 2.24) is 15.0 Å². The number of hydrogen-bond donors (Lipinski definition) is 1. The highest BCUT2D eigenvalue weighted by Gasteiger charge is 2.10. The van der Waals surface area contributed by atoms with E-state index in [1.54, 1.807) is 32.0 Å². The molecule has 1 atom stereocenters. The highest BCUT2D eigenvalue weighted by Crippen LogP contribution is 2.30. The van der Waals surface area contributed by atoms with Crippen molar-refractivity contribution in [3.63, 3.8) is 0 Å². The Morgan fingerprint density at radius 3 is 2.42 bits per heavy atom. The van der Waals surface area contributed by atoms with Crippen LogP contribution in [0.3, 0.4) is 0 Å². The molecular weight excluding hydrogens is 261 g/mol. The largest absolute Gasteiger partial charge is 0.507 e. The molecule has 0 fully saturated rings. The molecule has 6 heteroatoms. The van der Waals surface area contributed by atoms with E-state index in [0.717, 1.165) is 6.16 Å². The van der Waals surface area contributed by atoms with Gasteiger partial charge < -0.3 is 9.84 Å². The Kier molecular flexibility index (Phi) is 4.27. The molecule has 1 unspecified atom stereocenters. The topological polar surface area (TPSA) is 68.1 Å². The Morgan fingerprint density at radius 1 is 1.16 bits per heavy atom. The summed E-state index contributed by atoms with van der Waals surface area (Å²) in [6, 6.07) is 5.12. The number of benzene rings is 1. The molecule has 0 spiro atoms. The van der Waals surface area contributed by atoms with E-state index < -0.39 is 0 Å². The highest BCUT2D eigenvalue weighted by atomic mass is 31.0. The number of rotatable bonds is 4. The van der Waals surface area contributed by atoms with Gasteiger partial charge in [0.2, 0.25) is 0 Å². The van der Waals surface area contributed by atoms with Crippen molar-refractivity contribution in [1.29, 1.82) is 0 Å². The number of phenolic OH excluding ortho intramolecular Hbond substituents is 1. The van der Waals surface area contributed by atoms with Gasteiger partial charge in [-0.05, 0) is 32.1 Å². The SMILES string of the molecule is Cc1nc(C)nc(-c2ccc(OCCP)cc2O)n1. The van der Waals surface area contributed by atoms with Gasteiger partial charge in [0.05, 0.1) is 12.2 Å². The third-order valence-electron chi connectivity index (χ3n) is 2.46. The Balaban J connectivity index is 2.34. The van der Waals surface area contributed by atoms with Crippen LogP contribution in [-0.2, 0) is 0 Å². The summed E-state index contributed by atoms with van der Waals surface area (Å²) in [5, 5.41) is 10.0. The van der Waals surface area contributed by atoms with E-state index in [2.05, 4.69) is 24.2 Å². The van der Waals surface area contributed by atoms with Crippen LogP contribution < -0.4 is 4.74 Å². The van der Waals surface area contributed by atoms with E-state index in [1.165, 1.54) is 0 Å². The fraction of sp³-hybridized carbons (Fsp3) is 0.308. The van der Waals surface area contributed by atoms with Gasteiger partial charge in [-0.1, -0.05) is 0 Å². The average molecular weight is 277 g/mol. The van der Waals surface area contributed by atoms with Crippen LogP contribution in [0.2, 0.25) is 0 Å². The van der Waals surface area contributed by atoms with Crippen molar-refractivity contribution in [2.75, 3.05) is 12.8 Å². The molecule has 2 aromatic rings. The van der Waals surface area contributed by atoms with E-state index in [4.69, 9.17) is 4.74 Å². The molecule has 0 saturated heterocycles. The molecule has 5 nitrogen and oxygen atoms in total. The predicted octanol–water partition coefficient (Wildman–Crippen LogP) is 2.11. The standard InChI is InChI=1S/C13H16N3O2P/c1-8-14-9(2)16-13(15-8)11-4-3-10(7-12(11)17)18-5-6-19/h3-4,7,17H,5-6,19H2,1-2H3. The average Bonchev–Trinajstić information content (AvgIpc) is 2.35. The lowest BCUT2D eigenvalue weighted by molar-refractivity contribution is 0.341. The molecule has 1 N–H and O–H groups in total. The zero-order chi connectivity index (χ0) is 13.8. The summed E-state index contributed by atoms with van der Waals surface area (Å²) in [6.07, 6.45) is 0.842. The van der Waals surface area contributed by atoms with Crippen LogP contribution >= 0.6 is 9.24 Å². The maximum atomic E-state index is 10.0. The monoisotopic (exact) mass is 277 g/mol. The summed E-state index contributed by atoms with van der Waals surface area (Å²) in [5.41, 5.74) is 0.576. The van der Waals surface area contributed by atoms with Crippen molar-refractivity contribution < 1.29 is 9.84 Å². The molecule has 0 aliphatic carbocycles. The number of aryl methyl sites for hydroxylation is 2. The second kappa shape index (κ2) is 5.93. The Bertz CT molecular complexity index is 570. The first kappa shape index (κ1) is 13.7. The molecule has 0 bridgehead atoms. The Hall–Kier alpha value is -1.74. The second-order valence-electron chi connectivity index (χ2n) is 4.07. The minimum Gasteiger partial charge on any atom is -0.507 e. The second-order valence-corrected chi connectivity index (χ2v) is 4.65. The van der Waals surface area contributed by atoms with Crippen molar-refractivity contribution in [2.24, 2.45) is 0 Å². The molecule has 0 aliphatic rings. The Labute approximate surface area is 114 Å². The molecule has 1 aromatic carbocycles. The van der Waals surface area contributed by atoms with Gasteiger partial charge in [-0.2, -0.15) is 0 Å². The van der Waals surface area contributed by atoms with Crippen molar-refractivity contribution in [3.05, 3.63) is 29.8 Å². The first-order chi connectivity index (χ1) is 9.10. The molecule has 0 aliphatic heterocycles. The van der Waals surface area contributed by atoms with Crippen LogP contribution in [-0.4, -0.2) is 32.8 Å². The van der Waals surface area contributed by atoms with Gasteiger partial charge in [0, 0.05) is 6.07 Å². The molecule has 2 rings (SSSR count). The lowest BCUT2D eigenvalue weighted by Gasteiger charge is -2.08. The molecule has 0 radical (unpaired) electrons. The summed E-state index contributed by atoms with van der Waals surface area (Å²) in [5.74, 6) is 2.47. The van der Waals surface area contributed by atoms with Gasteiger partial charge in [-0.3, -0.25) is 0 Å². The number of hydrogen-bond acceptors (Lipinski definition) is 5. The fourth-order valence-electron chi connectivity index (χ4n) is 1.70. The zero-order valence-corrected chi connectivity index (χ0v) is 12.1. The van der Waals surface area contributed by atoms with Gasteiger partial charge in [-0.25, -0.2) is 15.0 Å². The third kappa shape index (κ3) is 3.38. The van der Waals surface area contributed by atoms with Gasteiger partial charge in [0.15, 0.2) is 5.82 Å². The summed E-state index contributed by atoms with van der Waals surface area (Å²) >= 11 is 0. The van der Waals surface area contributed by atoms with Gasteiger partial charge >= 0.3 is 0 Å². The normalized spacial score (nSPS) is 10.5.